The van der Waals surface area contributed by atoms with Gasteiger partial charge in [-0.1, -0.05) is 6.08 Å². The molecular formula is C9H15NO3. The SMILES string of the molecule is O=C(O)/C=C/CNC1CCCOC1. The van der Waals surface area contributed by atoms with Gasteiger partial charge < -0.3 is 15.2 Å². The fourth-order valence-corrected chi connectivity index (χ4v) is 1.30. The molecule has 1 saturated heterocycles. The van der Waals surface area contributed by atoms with Gasteiger partial charge in [-0.15, -0.1) is 0 Å². The van der Waals surface area contributed by atoms with Crippen molar-refractivity contribution in [3.05, 3.63) is 12.2 Å². The van der Waals surface area contributed by atoms with E-state index in [1.54, 1.807) is 6.08 Å². The molecule has 1 unspecified atom stereocenters. The molecule has 4 nitrogen and oxygen atoms in total. The van der Waals surface area contributed by atoms with Gasteiger partial charge in [0.25, 0.3) is 0 Å². The highest BCUT2D eigenvalue weighted by Crippen LogP contribution is 2.04. The van der Waals surface area contributed by atoms with Crippen molar-refractivity contribution in [1.82, 2.24) is 5.32 Å². The van der Waals surface area contributed by atoms with Crippen LogP contribution >= 0.6 is 0 Å². The van der Waals surface area contributed by atoms with Crippen LogP contribution in [0.15, 0.2) is 12.2 Å². The summed E-state index contributed by atoms with van der Waals surface area (Å²) in [5, 5.41) is 11.5. The summed E-state index contributed by atoms with van der Waals surface area (Å²) in [6.07, 6.45) is 4.95. The van der Waals surface area contributed by atoms with Crippen molar-refractivity contribution in [3.8, 4) is 0 Å². The topological polar surface area (TPSA) is 58.6 Å². The first-order valence-electron chi connectivity index (χ1n) is 4.49. The fraction of sp³-hybridized carbons (Fsp3) is 0.667. The number of hydrogen-bond acceptors (Lipinski definition) is 3. The molecule has 0 amide bonds. The number of rotatable bonds is 4. The first-order chi connectivity index (χ1) is 6.29. The Morgan fingerprint density at radius 3 is 3.15 bits per heavy atom. The largest absolute Gasteiger partial charge is 0.478 e. The average Bonchev–Trinajstić information content (AvgIpc) is 2.14. The van der Waals surface area contributed by atoms with Crippen molar-refractivity contribution in [3.63, 3.8) is 0 Å². The van der Waals surface area contributed by atoms with Gasteiger partial charge in [0.05, 0.1) is 6.61 Å². The van der Waals surface area contributed by atoms with E-state index in [4.69, 9.17) is 9.84 Å². The van der Waals surface area contributed by atoms with Gasteiger partial charge in [-0.25, -0.2) is 4.79 Å². The van der Waals surface area contributed by atoms with E-state index in [9.17, 15) is 4.79 Å². The zero-order valence-electron chi connectivity index (χ0n) is 7.53. The van der Waals surface area contributed by atoms with E-state index in [1.165, 1.54) is 0 Å². The third-order valence-corrected chi connectivity index (χ3v) is 1.95. The molecule has 1 atom stereocenters. The lowest BCUT2D eigenvalue weighted by Gasteiger charge is -2.22. The summed E-state index contributed by atoms with van der Waals surface area (Å²) < 4.78 is 5.26. The molecule has 1 fully saturated rings. The zero-order valence-corrected chi connectivity index (χ0v) is 7.53. The third-order valence-electron chi connectivity index (χ3n) is 1.95. The minimum absolute atomic E-state index is 0.382. The summed E-state index contributed by atoms with van der Waals surface area (Å²) in [5.74, 6) is -0.901. The second-order valence-electron chi connectivity index (χ2n) is 3.06. The maximum absolute atomic E-state index is 10.1. The molecule has 0 aromatic heterocycles. The number of ether oxygens (including phenoxy) is 1. The van der Waals surface area contributed by atoms with Crippen molar-refractivity contribution in [2.75, 3.05) is 19.8 Å². The Kier molecular flexibility index (Phi) is 4.49. The number of hydrogen-bond donors (Lipinski definition) is 2. The van der Waals surface area contributed by atoms with E-state index in [0.717, 1.165) is 32.1 Å². The molecule has 0 radical (unpaired) electrons. The molecule has 0 aromatic carbocycles. The fourth-order valence-electron chi connectivity index (χ4n) is 1.30. The maximum Gasteiger partial charge on any atom is 0.328 e. The highest BCUT2D eigenvalue weighted by molar-refractivity contribution is 5.79. The first kappa shape index (κ1) is 10.2. The number of carboxylic acid groups (broad SMARTS) is 1. The number of carboxylic acids is 1. The minimum Gasteiger partial charge on any atom is -0.478 e. The van der Waals surface area contributed by atoms with Crippen molar-refractivity contribution >= 4 is 5.97 Å². The Morgan fingerprint density at radius 1 is 1.69 bits per heavy atom. The van der Waals surface area contributed by atoms with E-state index in [0.29, 0.717) is 12.6 Å². The number of carbonyl (C=O) groups is 1. The summed E-state index contributed by atoms with van der Waals surface area (Å²) in [6, 6.07) is 0.382. The number of nitrogens with one attached hydrogen (secondary N) is 1. The standard InChI is InChI=1S/C9H15NO3/c11-9(12)4-1-5-10-8-3-2-6-13-7-8/h1,4,8,10H,2-3,5-7H2,(H,11,12)/b4-1+. The van der Waals surface area contributed by atoms with Crippen LogP contribution in [0, 0.1) is 0 Å². The van der Waals surface area contributed by atoms with Crippen molar-refractivity contribution in [1.29, 1.82) is 0 Å². The summed E-state index contributed by atoms with van der Waals surface area (Å²) in [6.45, 7) is 2.18. The molecule has 0 bridgehead atoms. The normalized spacial score (nSPS) is 23.5. The van der Waals surface area contributed by atoms with E-state index in [1.807, 2.05) is 0 Å². The Morgan fingerprint density at radius 2 is 2.54 bits per heavy atom. The maximum atomic E-state index is 10.1. The lowest BCUT2D eigenvalue weighted by atomic mass is 10.1. The lowest BCUT2D eigenvalue weighted by molar-refractivity contribution is -0.131. The molecule has 2 N–H and O–H groups in total. The minimum atomic E-state index is -0.901. The average molecular weight is 185 g/mol. The van der Waals surface area contributed by atoms with Crippen LogP contribution in [0.4, 0.5) is 0 Å². The molecule has 13 heavy (non-hydrogen) atoms. The molecule has 74 valence electrons. The van der Waals surface area contributed by atoms with Crippen molar-refractivity contribution in [2.45, 2.75) is 18.9 Å². The predicted octanol–water partition coefficient (Wildman–Crippen LogP) is 0.396. The second-order valence-corrected chi connectivity index (χ2v) is 3.06. The molecule has 0 aromatic rings. The van der Waals surface area contributed by atoms with Gasteiger partial charge in [0.15, 0.2) is 0 Å². The van der Waals surface area contributed by atoms with Crippen LogP contribution < -0.4 is 5.32 Å². The lowest BCUT2D eigenvalue weighted by Crippen LogP contribution is -2.36. The molecule has 1 aliphatic rings. The van der Waals surface area contributed by atoms with E-state index in [-0.39, 0.29) is 0 Å². The highest BCUT2D eigenvalue weighted by atomic mass is 16.5. The molecule has 4 heteroatoms. The third kappa shape index (κ3) is 4.65. The Labute approximate surface area is 77.6 Å². The Hall–Kier alpha value is -0.870. The van der Waals surface area contributed by atoms with Gasteiger partial charge in [-0.05, 0) is 12.8 Å². The van der Waals surface area contributed by atoms with Gasteiger partial charge in [-0.2, -0.15) is 0 Å². The molecule has 1 heterocycles. The molecular weight excluding hydrogens is 170 g/mol. The zero-order chi connectivity index (χ0) is 9.52. The van der Waals surface area contributed by atoms with Gasteiger partial charge in [0.2, 0.25) is 0 Å². The van der Waals surface area contributed by atoms with Crippen LogP contribution in [-0.4, -0.2) is 36.9 Å². The Bertz CT molecular complexity index is 185. The van der Waals surface area contributed by atoms with Gasteiger partial charge >= 0.3 is 5.97 Å². The van der Waals surface area contributed by atoms with Crippen LogP contribution in [-0.2, 0) is 9.53 Å². The molecule has 1 rings (SSSR count). The number of aliphatic carboxylic acids is 1. The quantitative estimate of drug-likeness (QED) is 0.622. The van der Waals surface area contributed by atoms with Crippen LogP contribution in [0.3, 0.4) is 0 Å². The van der Waals surface area contributed by atoms with E-state index in [2.05, 4.69) is 5.32 Å². The van der Waals surface area contributed by atoms with E-state index >= 15 is 0 Å². The summed E-state index contributed by atoms with van der Waals surface area (Å²) in [4.78, 5) is 10.1. The highest BCUT2D eigenvalue weighted by Gasteiger charge is 2.11. The van der Waals surface area contributed by atoms with Crippen molar-refractivity contribution < 1.29 is 14.6 Å². The van der Waals surface area contributed by atoms with Gasteiger partial charge in [0, 0.05) is 25.3 Å². The molecule has 1 aliphatic heterocycles. The van der Waals surface area contributed by atoms with Crippen LogP contribution in [0.2, 0.25) is 0 Å². The first-order valence-corrected chi connectivity index (χ1v) is 4.49. The molecule has 0 spiro atoms. The van der Waals surface area contributed by atoms with E-state index < -0.39 is 5.97 Å². The van der Waals surface area contributed by atoms with Crippen LogP contribution in [0.25, 0.3) is 0 Å². The van der Waals surface area contributed by atoms with Crippen LogP contribution in [0.1, 0.15) is 12.8 Å². The summed E-state index contributed by atoms with van der Waals surface area (Å²) >= 11 is 0. The summed E-state index contributed by atoms with van der Waals surface area (Å²) in [5.41, 5.74) is 0. The summed E-state index contributed by atoms with van der Waals surface area (Å²) in [7, 11) is 0. The van der Waals surface area contributed by atoms with Crippen LogP contribution in [0.5, 0.6) is 0 Å². The Balaban J connectivity index is 2.07. The molecule has 0 aliphatic carbocycles. The van der Waals surface area contributed by atoms with Crippen molar-refractivity contribution in [2.24, 2.45) is 0 Å². The predicted molar refractivity (Wildman–Crippen MR) is 48.6 cm³/mol. The smallest absolute Gasteiger partial charge is 0.328 e. The van der Waals surface area contributed by atoms with Gasteiger partial charge in [-0.3, -0.25) is 0 Å². The molecule has 0 saturated carbocycles. The van der Waals surface area contributed by atoms with Gasteiger partial charge in [0.1, 0.15) is 0 Å². The monoisotopic (exact) mass is 185 g/mol. The second kappa shape index (κ2) is 5.72.